The highest BCUT2D eigenvalue weighted by Crippen LogP contribution is 2.00. The van der Waals surface area contributed by atoms with Crippen molar-refractivity contribution in [3.63, 3.8) is 0 Å². The maximum absolute atomic E-state index is 3.77. The molecule has 0 aromatic heterocycles. The zero-order valence-electron chi connectivity index (χ0n) is 6.56. The molecule has 0 fully saturated rings. The van der Waals surface area contributed by atoms with E-state index < -0.39 is 0 Å². The highest BCUT2D eigenvalue weighted by molar-refractivity contribution is 5.19. The molecule has 0 unspecified atom stereocenters. The number of hydrogen-bond acceptors (Lipinski definition) is 0. The maximum Gasteiger partial charge on any atom is -0.0100 e. The molecule has 0 aromatic carbocycles. The first-order valence-corrected chi connectivity index (χ1v) is 3.29. The standard InChI is InChI=1S/C10H14/c1-5-10(4)8-6-7-9(2)3/h5-7H,1-2,4,8H2,3H3. The maximum atomic E-state index is 3.77. The van der Waals surface area contributed by atoms with Crippen LogP contribution in [0, 0.1) is 0 Å². The van der Waals surface area contributed by atoms with Gasteiger partial charge < -0.3 is 0 Å². The second kappa shape index (κ2) is 4.80. The summed E-state index contributed by atoms with van der Waals surface area (Å²) in [5.41, 5.74) is 2.11. The number of allylic oxidation sites excluding steroid dienone is 5. The van der Waals surface area contributed by atoms with Crippen LogP contribution in [0.3, 0.4) is 0 Å². The fourth-order valence-corrected chi connectivity index (χ4v) is 0.495. The molecule has 0 atom stereocenters. The van der Waals surface area contributed by atoms with Gasteiger partial charge in [-0.25, -0.2) is 0 Å². The lowest BCUT2D eigenvalue weighted by Crippen LogP contribution is -1.69. The lowest BCUT2D eigenvalue weighted by molar-refractivity contribution is 1.29. The molecule has 0 spiro atoms. The minimum absolute atomic E-state index is 0.871. The Labute approximate surface area is 63.3 Å². The van der Waals surface area contributed by atoms with Gasteiger partial charge in [0, 0.05) is 0 Å². The lowest BCUT2D eigenvalue weighted by atomic mass is 10.2. The second-order valence-electron chi connectivity index (χ2n) is 2.32. The van der Waals surface area contributed by atoms with Crippen LogP contribution in [-0.2, 0) is 0 Å². The summed E-state index contributed by atoms with van der Waals surface area (Å²) in [6.45, 7) is 13.1. The smallest absolute Gasteiger partial charge is 0.0100 e. The molecule has 0 aliphatic heterocycles. The van der Waals surface area contributed by atoms with Crippen LogP contribution in [-0.4, -0.2) is 0 Å². The Morgan fingerprint density at radius 2 is 2.00 bits per heavy atom. The van der Waals surface area contributed by atoms with Crippen LogP contribution in [0.15, 0.2) is 49.1 Å². The summed E-state index contributed by atoms with van der Waals surface area (Å²) in [4.78, 5) is 0. The highest BCUT2D eigenvalue weighted by Gasteiger charge is 1.80. The van der Waals surface area contributed by atoms with Crippen LogP contribution >= 0.6 is 0 Å². The van der Waals surface area contributed by atoms with Crippen LogP contribution < -0.4 is 0 Å². The molecule has 0 heteroatoms. The Hall–Kier alpha value is -1.04. The molecular weight excluding hydrogens is 120 g/mol. The summed E-state index contributed by atoms with van der Waals surface area (Å²) < 4.78 is 0. The average Bonchev–Trinajstić information content (AvgIpc) is 1.87. The van der Waals surface area contributed by atoms with Gasteiger partial charge in [0.1, 0.15) is 0 Å². The third-order valence-electron chi connectivity index (χ3n) is 1.07. The average molecular weight is 134 g/mol. The van der Waals surface area contributed by atoms with Crippen LogP contribution in [0.1, 0.15) is 13.3 Å². The van der Waals surface area contributed by atoms with Crippen molar-refractivity contribution in [3.05, 3.63) is 49.1 Å². The molecule has 0 rings (SSSR count). The van der Waals surface area contributed by atoms with Crippen molar-refractivity contribution in [3.8, 4) is 0 Å². The van der Waals surface area contributed by atoms with Crippen molar-refractivity contribution in [1.82, 2.24) is 0 Å². The van der Waals surface area contributed by atoms with Crippen molar-refractivity contribution in [2.24, 2.45) is 0 Å². The summed E-state index contributed by atoms with van der Waals surface area (Å²) in [6.07, 6.45) is 6.65. The van der Waals surface area contributed by atoms with Crippen LogP contribution in [0.25, 0.3) is 0 Å². The van der Waals surface area contributed by atoms with Crippen LogP contribution in [0.2, 0.25) is 0 Å². The Bertz CT molecular complexity index is 170. The van der Waals surface area contributed by atoms with E-state index in [0.29, 0.717) is 0 Å². The van der Waals surface area contributed by atoms with E-state index >= 15 is 0 Å². The number of rotatable bonds is 4. The van der Waals surface area contributed by atoms with Gasteiger partial charge >= 0.3 is 0 Å². The van der Waals surface area contributed by atoms with Crippen LogP contribution in [0.5, 0.6) is 0 Å². The van der Waals surface area contributed by atoms with E-state index in [1.54, 1.807) is 6.08 Å². The van der Waals surface area contributed by atoms with Crippen molar-refractivity contribution in [2.75, 3.05) is 0 Å². The fourth-order valence-electron chi connectivity index (χ4n) is 0.495. The minimum atomic E-state index is 0.871. The van der Waals surface area contributed by atoms with Gasteiger partial charge in [-0.15, -0.1) is 0 Å². The minimum Gasteiger partial charge on any atom is -0.0988 e. The van der Waals surface area contributed by atoms with Gasteiger partial charge in [-0.2, -0.15) is 0 Å². The second-order valence-corrected chi connectivity index (χ2v) is 2.32. The van der Waals surface area contributed by atoms with Gasteiger partial charge in [0.25, 0.3) is 0 Å². The van der Waals surface area contributed by atoms with Crippen LogP contribution in [0.4, 0.5) is 0 Å². The summed E-state index contributed by atoms with van der Waals surface area (Å²) in [6, 6.07) is 0. The molecule has 0 aliphatic carbocycles. The molecule has 0 radical (unpaired) electrons. The molecular formula is C10H14. The van der Waals surface area contributed by atoms with Gasteiger partial charge in [0.05, 0.1) is 0 Å². The van der Waals surface area contributed by atoms with E-state index in [4.69, 9.17) is 0 Å². The van der Waals surface area contributed by atoms with Gasteiger partial charge in [-0.3, -0.25) is 0 Å². The van der Waals surface area contributed by atoms with E-state index in [2.05, 4.69) is 19.7 Å². The first-order chi connectivity index (χ1) is 4.66. The predicted molar refractivity (Wildman–Crippen MR) is 47.9 cm³/mol. The van der Waals surface area contributed by atoms with E-state index in [-0.39, 0.29) is 0 Å². The topological polar surface area (TPSA) is 0 Å². The van der Waals surface area contributed by atoms with Gasteiger partial charge in [0.15, 0.2) is 0 Å². The molecule has 0 amide bonds. The van der Waals surface area contributed by atoms with E-state index in [1.165, 1.54) is 0 Å². The third-order valence-corrected chi connectivity index (χ3v) is 1.07. The van der Waals surface area contributed by atoms with Crippen molar-refractivity contribution in [1.29, 1.82) is 0 Å². The Kier molecular flexibility index (Phi) is 4.30. The zero-order chi connectivity index (χ0) is 7.98. The molecule has 0 saturated heterocycles. The SMILES string of the molecule is C=CC(=C)CC=CC(=C)C. The summed E-state index contributed by atoms with van der Waals surface area (Å²) in [7, 11) is 0. The van der Waals surface area contributed by atoms with E-state index in [1.807, 2.05) is 19.1 Å². The van der Waals surface area contributed by atoms with Crippen molar-refractivity contribution < 1.29 is 0 Å². The first-order valence-electron chi connectivity index (χ1n) is 3.29. The number of hydrogen-bond donors (Lipinski definition) is 0. The molecule has 0 heterocycles. The molecule has 0 aliphatic rings. The summed E-state index contributed by atoms with van der Waals surface area (Å²) >= 11 is 0. The molecule has 0 saturated carbocycles. The van der Waals surface area contributed by atoms with Gasteiger partial charge in [0.2, 0.25) is 0 Å². The Morgan fingerprint density at radius 3 is 2.40 bits per heavy atom. The van der Waals surface area contributed by atoms with Gasteiger partial charge in [-0.1, -0.05) is 49.1 Å². The van der Waals surface area contributed by atoms with E-state index in [0.717, 1.165) is 17.6 Å². The summed E-state index contributed by atoms with van der Waals surface area (Å²) in [5.74, 6) is 0. The zero-order valence-corrected chi connectivity index (χ0v) is 6.56. The highest BCUT2D eigenvalue weighted by atomic mass is 13.9. The fraction of sp³-hybridized carbons (Fsp3) is 0.200. The molecule has 0 aromatic rings. The lowest BCUT2D eigenvalue weighted by Gasteiger charge is -1.90. The quantitative estimate of drug-likeness (QED) is 0.518. The molecule has 0 N–H and O–H groups in total. The predicted octanol–water partition coefficient (Wildman–Crippen LogP) is 3.25. The monoisotopic (exact) mass is 134 g/mol. The Morgan fingerprint density at radius 1 is 1.40 bits per heavy atom. The summed E-state index contributed by atoms with van der Waals surface area (Å²) in [5, 5.41) is 0. The van der Waals surface area contributed by atoms with Gasteiger partial charge in [-0.05, 0) is 13.3 Å². The van der Waals surface area contributed by atoms with Crippen molar-refractivity contribution in [2.45, 2.75) is 13.3 Å². The van der Waals surface area contributed by atoms with E-state index in [9.17, 15) is 0 Å². The molecule has 0 nitrogen and oxygen atoms in total. The Balaban J connectivity index is 3.63. The third kappa shape index (κ3) is 5.10. The first kappa shape index (κ1) is 8.96. The normalized spacial score (nSPS) is 9.70. The van der Waals surface area contributed by atoms with Crippen molar-refractivity contribution >= 4 is 0 Å². The largest absolute Gasteiger partial charge is 0.0988 e. The molecule has 10 heavy (non-hydrogen) atoms. The molecule has 54 valence electrons. The molecule has 0 bridgehead atoms.